The van der Waals surface area contributed by atoms with E-state index in [2.05, 4.69) is 12.2 Å². The van der Waals surface area contributed by atoms with Gasteiger partial charge in [-0.1, -0.05) is 50.7 Å². The number of allylic oxidation sites excluding steroid dienone is 2. The Morgan fingerprint density at radius 1 is 0.933 bits per heavy atom. The summed E-state index contributed by atoms with van der Waals surface area (Å²) >= 11 is 0. The van der Waals surface area contributed by atoms with Crippen molar-refractivity contribution in [3.05, 3.63) is 12.2 Å². The molecule has 0 saturated carbocycles. The van der Waals surface area contributed by atoms with Crippen molar-refractivity contribution in [2.45, 2.75) is 64.2 Å². The molecule has 0 spiro atoms. The summed E-state index contributed by atoms with van der Waals surface area (Å²) in [4.78, 5) is 0. The number of aliphatic hydroxyl groups is 1. The van der Waals surface area contributed by atoms with Crippen LogP contribution >= 0.6 is 0 Å². The van der Waals surface area contributed by atoms with Gasteiger partial charge in [-0.2, -0.15) is 0 Å². The molecule has 0 saturated heterocycles. The number of unbranched alkanes of at least 4 members (excludes halogenated alkanes) is 6. The quantitative estimate of drug-likeness (QED) is 0.449. The third kappa shape index (κ3) is 6.72. The van der Waals surface area contributed by atoms with Crippen LogP contribution in [0.2, 0.25) is 0 Å². The molecule has 0 aliphatic heterocycles. The predicted octanol–water partition coefficient (Wildman–Crippen LogP) is 4.07. The second-order valence-electron chi connectivity index (χ2n) is 4.75. The van der Waals surface area contributed by atoms with E-state index in [1.54, 1.807) is 0 Å². The van der Waals surface area contributed by atoms with E-state index in [1.807, 2.05) is 0 Å². The van der Waals surface area contributed by atoms with Gasteiger partial charge < -0.3 is 5.11 Å². The molecule has 0 aromatic heterocycles. The zero-order valence-corrected chi connectivity index (χ0v) is 9.96. The first-order valence-electron chi connectivity index (χ1n) is 6.71. The molecule has 0 amide bonds. The van der Waals surface area contributed by atoms with E-state index in [9.17, 15) is 0 Å². The van der Waals surface area contributed by atoms with Crippen LogP contribution in [0.1, 0.15) is 64.2 Å². The highest BCUT2D eigenvalue weighted by Crippen LogP contribution is 2.23. The van der Waals surface area contributed by atoms with Gasteiger partial charge in [0.2, 0.25) is 0 Å². The Morgan fingerprint density at radius 2 is 1.60 bits per heavy atom. The Kier molecular flexibility index (Phi) is 7.63. The summed E-state index contributed by atoms with van der Waals surface area (Å²) in [5.74, 6) is 0.902. The van der Waals surface area contributed by atoms with Gasteiger partial charge >= 0.3 is 0 Å². The topological polar surface area (TPSA) is 20.2 Å². The number of rotatable bonds is 9. The van der Waals surface area contributed by atoms with E-state index in [1.165, 1.54) is 57.8 Å². The first-order valence-corrected chi connectivity index (χ1v) is 6.71. The van der Waals surface area contributed by atoms with Crippen LogP contribution in [0, 0.1) is 5.92 Å². The molecule has 1 N–H and O–H groups in total. The molecule has 0 aromatic rings. The van der Waals surface area contributed by atoms with E-state index >= 15 is 0 Å². The maximum atomic E-state index is 8.62. The van der Waals surface area contributed by atoms with Crippen molar-refractivity contribution >= 4 is 0 Å². The highest BCUT2D eigenvalue weighted by atomic mass is 16.2. The molecule has 1 nitrogen and oxygen atoms in total. The summed E-state index contributed by atoms with van der Waals surface area (Å²) in [7, 11) is 0. The van der Waals surface area contributed by atoms with Crippen LogP contribution in [0.5, 0.6) is 0 Å². The molecule has 15 heavy (non-hydrogen) atoms. The van der Waals surface area contributed by atoms with E-state index in [4.69, 9.17) is 5.11 Å². The van der Waals surface area contributed by atoms with E-state index in [0.717, 1.165) is 12.3 Å². The van der Waals surface area contributed by atoms with Crippen molar-refractivity contribution in [1.82, 2.24) is 0 Å². The first-order chi connectivity index (χ1) is 7.43. The van der Waals surface area contributed by atoms with Gasteiger partial charge in [0.1, 0.15) is 0 Å². The third-order valence-electron chi connectivity index (χ3n) is 3.35. The second-order valence-corrected chi connectivity index (χ2v) is 4.75. The molecule has 1 rings (SSSR count). The Balaban J connectivity index is 1.75. The molecular formula is C14H26O. The average Bonchev–Trinajstić information content (AvgIpc) is 2.75. The molecule has 1 atom stereocenters. The van der Waals surface area contributed by atoms with E-state index < -0.39 is 0 Å². The highest BCUT2D eigenvalue weighted by Gasteiger charge is 2.07. The SMILES string of the molecule is OCCCCCCCCC[C@@H]1C=CCC1. The molecule has 1 aliphatic carbocycles. The predicted molar refractivity (Wildman–Crippen MR) is 65.9 cm³/mol. The lowest BCUT2D eigenvalue weighted by Gasteiger charge is -2.06. The lowest BCUT2D eigenvalue weighted by molar-refractivity contribution is 0.282. The lowest BCUT2D eigenvalue weighted by atomic mass is 10.00. The van der Waals surface area contributed by atoms with Crippen molar-refractivity contribution in [1.29, 1.82) is 0 Å². The number of aliphatic hydroxyl groups excluding tert-OH is 1. The van der Waals surface area contributed by atoms with Crippen LogP contribution in [-0.4, -0.2) is 11.7 Å². The van der Waals surface area contributed by atoms with Crippen molar-refractivity contribution in [2.24, 2.45) is 5.92 Å². The molecule has 0 radical (unpaired) electrons. The van der Waals surface area contributed by atoms with Crippen molar-refractivity contribution in [3.8, 4) is 0 Å². The van der Waals surface area contributed by atoms with E-state index in [0.29, 0.717) is 6.61 Å². The first kappa shape index (κ1) is 12.8. The van der Waals surface area contributed by atoms with Crippen molar-refractivity contribution in [3.63, 3.8) is 0 Å². The molecule has 1 heteroatoms. The van der Waals surface area contributed by atoms with Gasteiger partial charge in [-0.25, -0.2) is 0 Å². The van der Waals surface area contributed by atoms with Crippen LogP contribution in [0.3, 0.4) is 0 Å². The summed E-state index contributed by atoms with van der Waals surface area (Å²) in [6, 6.07) is 0. The summed E-state index contributed by atoms with van der Waals surface area (Å²) in [6.07, 6.45) is 17.9. The monoisotopic (exact) mass is 210 g/mol. The zero-order valence-electron chi connectivity index (χ0n) is 9.96. The minimum absolute atomic E-state index is 0.369. The molecule has 0 heterocycles. The summed E-state index contributed by atoms with van der Waals surface area (Å²) < 4.78 is 0. The summed E-state index contributed by atoms with van der Waals surface area (Å²) in [5.41, 5.74) is 0. The second kappa shape index (κ2) is 8.96. The molecular weight excluding hydrogens is 184 g/mol. The maximum Gasteiger partial charge on any atom is 0.0431 e. The number of hydrogen-bond donors (Lipinski definition) is 1. The average molecular weight is 210 g/mol. The lowest BCUT2D eigenvalue weighted by Crippen LogP contribution is -1.91. The largest absolute Gasteiger partial charge is 0.396 e. The van der Waals surface area contributed by atoms with Crippen molar-refractivity contribution in [2.75, 3.05) is 6.61 Å². The molecule has 0 bridgehead atoms. The van der Waals surface area contributed by atoms with Gasteiger partial charge in [0.25, 0.3) is 0 Å². The van der Waals surface area contributed by atoms with E-state index in [-0.39, 0.29) is 0 Å². The van der Waals surface area contributed by atoms with Gasteiger partial charge in [0, 0.05) is 6.61 Å². The van der Waals surface area contributed by atoms with Gasteiger partial charge in [-0.3, -0.25) is 0 Å². The van der Waals surface area contributed by atoms with Gasteiger partial charge in [-0.05, 0) is 31.6 Å². The zero-order chi connectivity index (χ0) is 10.8. The van der Waals surface area contributed by atoms with Crippen LogP contribution in [-0.2, 0) is 0 Å². The minimum Gasteiger partial charge on any atom is -0.396 e. The molecule has 0 aromatic carbocycles. The molecule has 0 unspecified atom stereocenters. The highest BCUT2D eigenvalue weighted by molar-refractivity contribution is 4.95. The van der Waals surface area contributed by atoms with Gasteiger partial charge in [-0.15, -0.1) is 0 Å². The normalized spacial score (nSPS) is 19.9. The minimum atomic E-state index is 0.369. The smallest absolute Gasteiger partial charge is 0.0431 e. The Labute approximate surface area is 94.6 Å². The molecule has 88 valence electrons. The van der Waals surface area contributed by atoms with Crippen molar-refractivity contribution < 1.29 is 5.11 Å². The Bertz CT molecular complexity index is 163. The molecule has 0 fully saturated rings. The van der Waals surface area contributed by atoms with Crippen LogP contribution in [0.4, 0.5) is 0 Å². The summed E-state index contributed by atoms with van der Waals surface area (Å²) in [6.45, 7) is 0.369. The standard InChI is InChI=1S/C14H26O/c15-13-9-5-3-1-2-4-6-10-14-11-7-8-12-14/h7,11,14-15H,1-6,8-10,12-13H2/t14-/m1/s1. The fourth-order valence-electron chi connectivity index (χ4n) is 2.34. The Hall–Kier alpha value is -0.300. The number of hydrogen-bond acceptors (Lipinski definition) is 1. The van der Waals surface area contributed by atoms with Crippen LogP contribution in [0.15, 0.2) is 12.2 Å². The Morgan fingerprint density at radius 3 is 2.20 bits per heavy atom. The fourth-order valence-corrected chi connectivity index (χ4v) is 2.34. The third-order valence-corrected chi connectivity index (χ3v) is 3.35. The van der Waals surface area contributed by atoms with Crippen LogP contribution in [0.25, 0.3) is 0 Å². The van der Waals surface area contributed by atoms with Gasteiger partial charge in [0.15, 0.2) is 0 Å². The fraction of sp³-hybridized carbons (Fsp3) is 0.857. The summed E-state index contributed by atoms with van der Waals surface area (Å²) in [5, 5.41) is 8.62. The molecule has 1 aliphatic rings. The van der Waals surface area contributed by atoms with Crippen LogP contribution < -0.4 is 0 Å². The van der Waals surface area contributed by atoms with Gasteiger partial charge in [0.05, 0.1) is 0 Å². The maximum absolute atomic E-state index is 8.62.